The molecule has 5 rings (SSSR count). The molecule has 0 bridgehead atoms. The number of benzene rings is 1. The summed E-state index contributed by atoms with van der Waals surface area (Å²) in [5, 5.41) is 9.98. The number of halogens is 1. The first-order valence-corrected chi connectivity index (χ1v) is 11.4. The Balaban J connectivity index is 1.53. The molecule has 0 fully saturated rings. The highest BCUT2D eigenvalue weighted by atomic mass is 35.5. The van der Waals surface area contributed by atoms with Crippen LogP contribution in [0.5, 0.6) is 0 Å². The van der Waals surface area contributed by atoms with E-state index < -0.39 is 5.97 Å². The molecule has 6 nitrogen and oxygen atoms in total. The van der Waals surface area contributed by atoms with E-state index in [-0.39, 0.29) is 16.1 Å². The minimum Gasteiger partial charge on any atom is -0.478 e. The van der Waals surface area contributed by atoms with Crippen LogP contribution >= 0.6 is 22.9 Å². The van der Waals surface area contributed by atoms with Crippen molar-refractivity contribution in [2.24, 2.45) is 0 Å². The number of aromatic carboxylic acids is 1. The number of aromatic amines is 1. The number of thiophene rings is 1. The van der Waals surface area contributed by atoms with Gasteiger partial charge in [0.05, 0.1) is 16.0 Å². The fraction of sp³-hybridized carbons (Fsp3) is 0.261. The highest BCUT2D eigenvalue weighted by Gasteiger charge is 2.20. The van der Waals surface area contributed by atoms with Gasteiger partial charge in [-0.2, -0.15) is 0 Å². The third kappa shape index (κ3) is 3.68. The van der Waals surface area contributed by atoms with Gasteiger partial charge in [0.2, 0.25) is 0 Å². The lowest BCUT2D eigenvalue weighted by Crippen LogP contribution is -2.10. The van der Waals surface area contributed by atoms with E-state index in [0.717, 1.165) is 36.1 Å². The second-order valence-electron chi connectivity index (χ2n) is 7.68. The average molecular weight is 455 g/mol. The standard InChI is InChI=1S/C23H19ClN2O4S/c24-15-11-12(7-8-13(15)23(28)29)16-9-10-17(30-16)20-25-21(27)19-14-5-3-1-2-4-6-18(14)31-22(19)26-20/h7-11H,1-6H2,(H,28,29)(H,25,26,27). The van der Waals surface area contributed by atoms with Crippen LogP contribution in [0.3, 0.4) is 0 Å². The second kappa shape index (κ2) is 7.98. The predicted molar refractivity (Wildman–Crippen MR) is 121 cm³/mol. The van der Waals surface area contributed by atoms with E-state index in [1.165, 1.54) is 23.8 Å². The van der Waals surface area contributed by atoms with Crippen molar-refractivity contribution in [2.75, 3.05) is 0 Å². The van der Waals surface area contributed by atoms with Crippen LogP contribution < -0.4 is 5.56 Å². The van der Waals surface area contributed by atoms with Gasteiger partial charge >= 0.3 is 5.97 Å². The van der Waals surface area contributed by atoms with Gasteiger partial charge in [-0.05, 0) is 55.5 Å². The van der Waals surface area contributed by atoms with Crippen molar-refractivity contribution in [3.05, 3.63) is 61.7 Å². The summed E-state index contributed by atoms with van der Waals surface area (Å²) in [4.78, 5) is 33.7. The molecule has 1 aliphatic rings. The lowest BCUT2D eigenvalue weighted by Gasteiger charge is -2.08. The summed E-state index contributed by atoms with van der Waals surface area (Å²) >= 11 is 7.69. The maximum absolute atomic E-state index is 12.9. The number of H-pyrrole nitrogens is 1. The van der Waals surface area contributed by atoms with Gasteiger partial charge in [-0.3, -0.25) is 4.79 Å². The van der Waals surface area contributed by atoms with Gasteiger partial charge in [-0.1, -0.05) is 30.5 Å². The number of hydrogen-bond acceptors (Lipinski definition) is 5. The Morgan fingerprint density at radius 2 is 1.87 bits per heavy atom. The van der Waals surface area contributed by atoms with Crippen molar-refractivity contribution in [2.45, 2.75) is 38.5 Å². The number of hydrogen-bond donors (Lipinski definition) is 2. The summed E-state index contributed by atoms with van der Waals surface area (Å²) in [6, 6.07) is 8.11. The third-order valence-electron chi connectivity index (χ3n) is 5.65. The highest BCUT2D eigenvalue weighted by molar-refractivity contribution is 7.18. The zero-order valence-electron chi connectivity index (χ0n) is 16.5. The minimum atomic E-state index is -1.09. The molecule has 1 aromatic carbocycles. The van der Waals surface area contributed by atoms with Crippen LogP contribution in [0.4, 0.5) is 0 Å². The molecule has 158 valence electrons. The van der Waals surface area contributed by atoms with Crippen LogP contribution in [-0.2, 0) is 12.8 Å². The fourth-order valence-electron chi connectivity index (χ4n) is 4.10. The molecule has 0 unspecified atom stereocenters. The number of carbonyl (C=O) groups is 1. The molecule has 3 aromatic heterocycles. The molecule has 4 aromatic rings. The first kappa shape index (κ1) is 20.0. The first-order chi connectivity index (χ1) is 15.0. The number of carboxylic acids is 1. The summed E-state index contributed by atoms with van der Waals surface area (Å²) < 4.78 is 5.92. The van der Waals surface area contributed by atoms with E-state index >= 15 is 0 Å². The second-order valence-corrected chi connectivity index (χ2v) is 9.17. The van der Waals surface area contributed by atoms with Crippen LogP contribution in [0.1, 0.15) is 46.5 Å². The average Bonchev–Trinajstić information content (AvgIpc) is 3.33. The Morgan fingerprint density at radius 1 is 1.10 bits per heavy atom. The Labute approximate surface area is 186 Å². The van der Waals surface area contributed by atoms with E-state index in [2.05, 4.69) is 4.98 Å². The molecule has 0 spiro atoms. The Hall–Kier alpha value is -2.90. The predicted octanol–water partition coefficient (Wildman–Crippen LogP) is 5.92. The smallest absolute Gasteiger partial charge is 0.337 e. The van der Waals surface area contributed by atoms with Crippen LogP contribution in [0.25, 0.3) is 33.1 Å². The third-order valence-corrected chi connectivity index (χ3v) is 7.15. The molecule has 0 aliphatic heterocycles. The topological polar surface area (TPSA) is 96.2 Å². The summed E-state index contributed by atoms with van der Waals surface area (Å²) in [7, 11) is 0. The molecular weight excluding hydrogens is 436 g/mol. The van der Waals surface area contributed by atoms with Gasteiger partial charge < -0.3 is 14.5 Å². The number of nitrogens with one attached hydrogen (secondary N) is 1. The quantitative estimate of drug-likeness (QED) is 0.400. The molecule has 8 heteroatoms. The molecule has 0 saturated carbocycles. The highest BCUT2D eigenvalue weighted by Crippen LogP contribution is 2.34. The van der Waals surface area contributed by atoms with E-state index in [0.29, 0.717) is 28.3 Å². The summed E-state index contributed by atoms with van der Waals surface area (Å²) in [6.45, 7) is 0. The van der Waals surface area contributed by atoms with Gasteiger partial charge in [0, 0.05) is 10.4 Å². The van der Waals surface area contributed by atoms with Gasteiger partial charge in [-0.15, -0.1) is 11.3 Å². The molecular formula is C23H19ClN2O4S. The molecule has 0 saturated heterocycles. The van der Waals surface area contributed by atoms with Crippen molar-refractivity contribution in [3.8, 4) is 22.9 Å². The number of rotatable bonds is 3. The number of aryl methyl sites for hydroxylation is 2. The largest absolute Gasteiger partial charge is 0.478 e. The van der Waals surface area contributed by atoms with Gasteiger partial charge in [0.25, 0.3) is 5.56 Å². The van der Waals surface area contributed by atoms with Crippen molar-refractivity contribution in [3.63, 3.8) is 0 Å². The monoisotopic (exact) mass is 454 g/mol. The molecule has 0 atom stereocenters. The van der Waals surface area contributed by atoms with Crippen LogP contribution in [-0.4, -0.2) is 21.0 Å². The molecule has 31 heavy (non-hydrogen) atoms. The van der Waals surface area contributed by atoms with E-state index in [9.17, 15) is 9.59 Å². The Bertz CT molecular complexity index is 1370. The number of fused-ring (bicyclic) bond motifs is 3. The van der Waals surface area contributed by atoms with Gasteiger partial charge in [0.15, 0.2) is 11.6 Å². The summed E-state index contributed by atoms with van der Waals surface area (Å²) in [6.07, 6.45) is 6.61. The van der Waals surface area contributed by atoms with Crippen LogP contribution in [0, 0.1) is 0 Å². The Morgan fingerprint density at radius 3 is 2.65 bits per heavy atom. The number of furan rings is 1. The van der Waals surface area contributed by atoms with Crippen LogP contribution in [0.2, 0.25) is 5.02 Å². The van der Waals surface area contributed by atoms with Crippen molar-refractivity contribution >= 4 is 39.1 Å². The SMILES string of the molecule is O=C(O)c1ccc(-c2ccc(-c3nc4sc5c(c4c(=O)[nH]3)CCCCCC5)o2)cc1Cl. The van der Waals surface area contributed by atoms with Crippen molar-refractivity contribution in [1.29, 1.82) is 0 Å². The summed E-state index contributed by atoms with van der Waals surface area (Å²) in [5.74, 6) is 0.242. The molecule has 0 amide bonds. The van der Waals surface area contributed by atoms with E-state index in [1.54, 1.807) is 35.6 Å². The molecule has 1 aliphatic carbocycles. The van der Waals surface area contributed by atoms with Crippen LogP contribution in [0.15, 0.2) is 39.5 Å². The normalized spacial score (nSPS) is 14.2. The maximum Gasteiger partial charge on any atom is 0.337 e. The molecule has 2 N–H and O–H groups in total. The van der Waals surface area contributed by atoms with Gasteiger partial charge in [0.1, 0.15) is 10.6 Å². The molecule has 0 radical (unpaired) electrons. The van der Waals surface area contributed by atoms with Crippen molar-refractivity contribution in [1.82, 2.24) is 9.97 Å². The number of aromatic nitrogens is 2. The Kier molecular flexibility index (Phi) is 5.16. The van der Waals surface area contributed by atoms with E-state index in [1.807, 2.05) is 0 Å². The zero-order chi connectivity index (χ0) is 21.5. The number of carboxylic acid groups (broad SMARTS) is 1. The summed E-state index contributed by atoms with van der Waals surface area (Å²) in [5.41, 5.74) is 1.70. The lowest BCUT2D eigenvalue weighted by molar-refractivity contribution is 0.0697. The maximum atomic E-state index is 12.9. The van der Waals surface area contributed by atoms with Gasteiger partial charge in [-0.25, -0.2) is 9.78 Å². The fourth-order valence-corrected chi connectivity index (χ4v) is 5.62. The molecule has 3 heterocycles. The van der Waals surface area contributed by atoms with Crippen molar-refractivity contribution < 1.29 is 14.3 Å². The first-order valence-electron chi connectivity index (χ1n) is 10.2. The number of nitrogens with zero attached hydrogens (tertiary/aromatic N) is 1. The lowest BCUT2D eigenvalue weighted by atomic mass is 9.98. The minimum absolute atomic E-state index is 0.0295. The zero-order valence-corrected chi connectivity index (χ0v) is 18.1. The van der Waals surface area contributed by atoms with E-state index in [4.69, 9.17) is 26.1 Å².